The molecule has 3 N–H and O–H groups in total. The second kappa shape index (κ2) is 6.99. The van der Waals surface area contributed by atoms with E-state index in [9.17, 15) is 22.8 Å². The van der Waals surface area contributed by atoms with Crippen molar-refractivity contribution in [3.63, 3.8) is 0 Å². The second-order valence-corrected chi connectivity index (χ2v) is 5.41. The van der Waals surface area contributed by atoms with Gasteiger partial charge in [0.15, 0.2) is 0 Å². The van der Waals surface area contributed by atoms with Crippen LogP contribution in [0, 0.1) is 0 Å². The molecule has 2 amide bonds. The van der Waals surface area contributed by atoms with Crippen molar-refractivity contribution in [3.8, 4) is 0 Å². The smallest absolute Gasteiger partial charge is 0.368 e. The first kappa shape index (κ1) is 17.3. The highest BCUT2D eigenvalue weighted by Crippen LogP contribution is 2.32. The number of halogens is 3. The van der Waals surface area contributed by atoms with Crippen molar-refractivity contribution in [2.75, 3.05) is 13.1 Å². The van der Waals surface area contributed by atoms with Crippen molar-refractivity contribution >= 4 is 11.8 Å². The summed E-state index contributed by atoms with van der Waals surface area (Å²) in [6, 6.07) is 4.63. The van der Waals surface area contributed by atoms with Gasteiger partial charge in [0.05, 0.1) is 6.54 Å². The van der Waals surface area contributed by atoms with Crippen LogP contribution in [0.5, 0.6) is 0 Å². The molecule has 1 heterocycles. The molecule has 1 saturated heterocycles. The van der Waals surface area contributed by atoms with Crippen LogP contribution in [0.3, 0.4) is 0 Å². The van der Waals surface area contributed by atoms with Crippen molar-refractivity contribution in [1.82, 2.24) is 10.2 Å². The Morgan fingerprint density at radius 3 is 2.52 bits per heavy atom. The number of hydrogen-bond donors (Lipinski definition) is 2. The molecule has 0 unspecified atom stereocenters. The van der Waals surface area contributed by atoms with Crippen LogP contribution in [-0.4, -0.2) is 42.0 Å². The summed E-state index contributed by atoms with van der Waals surface area (Å²) in [7, 11) is 0. The van der Waals surface area contributed by atoms with Crippen LogP contribution in [0.4, 0.5) is 13.2 Å². The van der Waals surface area contributed by atoms with E-state index < -0.39 is 36.6 Å². The summed E-state index contributed by atoms with van der Waals surface area (Å²) in [5, 5.41) is 2.24. The first-order chi connectivity index (χ1) is 10.8. The maximum absolute atomic E-state index is 13.2. The Kier molecular flexibility index (Phi) is 5.25. The van der Waals surface area contributed by atoms with Crippen molar-refractivity contribution in [3.05, 3.63) is 35.9 Å². The van der Waals surface area contributed by atoms with Crippen LogP contribution in [0.2, 0.25) is 0 Å². The van der Waals surface area contributed by atoms with E-state index in [2.05, 4.69) is 5.32 Å². The Morgan fingerprint density at radius 2 is 1.96 bits per heavy atom. The van der Waals surface area contributed by atoms with Gasteiger partial charge in [0.25, 0.3) is 0 Å². The van der Waals surface area contributed by atoms with Crippen LogP contribution >= 0.6 is 0 Å². The van der Waals surface area contributed by atoms with E-state index in [0.717, 1.165) is 0 Å². The third-order valence-electron chi connectivity index (χ3n) is 3.82. The molecule has 2 rings (SSSR count). The topological polar surface area (TPSA) is 75.4 Å². The first-order valence-corrected chi connectivity index (χ1v) is 7.24. The van der Waals surface area contributed by atoms with Gasteiger partial charge in [0.1, 0.15) is 12.1 Å². The number of hydrogen-bond acceptors (Lipinski definition) is 3. The summed E-state index contributed by atoms with van der Waals surface area (Å²) in [6.45, 7) is -0.182. The van der Waals surface area contributed by atoms with E-state index in [-0.39, 0.29) is 5.56 Å². The van der Waals surface area contributed by atoms with E-state index in [4.69, 9.17) is 5.73 Å². The minimum atomic E-state index is -4.53. The lowest BCUT2D eigenvalue weighted by Gasteiger charge is -2.25. The Bertz CT molecular complexity index is 563. The van der Waals surface area contributed by atoms with Gasteiger partial charge < -0.3 is 10.6 Å². The lowest BCUT2D eigenvalue weighted by atomic mass is 10.1. The van der Waals surface area contributed by atoms with Crippen LogP contribution in [0.25, 0.3) is 0 Å². The van der Waals surface area contributed by atoms with Gasteiger partial charge in [0, 0.05) is 6.54 Å². The number of primary amides is 1. The molecule has 126 valence electrons. The summed E-state index contributed by atoms with van der Waals surface area (Å²) < 4.78 is 39.5. The summed E-state index contributed by atoms with van der Waals surface area (Å²) in [5.74, 6) is -1.19. The van der Waals surface area contributed by atoms with Crippen molar-refractivity contribution in [2.45, 2.75) is 31.1 Å². The van der Waals surface area contributed by atoms with Gasteiger partial charge in [-0.2, -0.15) is 13.2 Å². The molecule has 2 atom stereocenters. The molecule has 1 aliphatic heterocycles. The minimum Gasteiger partial charge on any atom is -0.368 e. The fraction of sp³-hybridized carbons (Fsp3) is 0.467. The molecule has 8 heteroatoms. The Balaban J connectivity index is 2.04. The molecule has 5 nitrogen and oxygen atoms in total. The highest BCUT2D eigenvalue weighted by atomic mass is 19.4. The average molecular weight is 329 g/mol. The standard InChI is InChI=1S/C15H18F3N3O2/c16-15(17,18)13(10-5-2-1-3-6-10)20-9-12(22)21-8-4-7-11(21)14(19)23/h1-3,5-6,11,13,20H,4,7-9H2,(H2,19,23)/t11-,13+/m1/s1. The van der Waals surface area contributed by atoms with Gasteiger partial charge in [-0.3, -0.25) is 14.9 Å². The molecular weight excluding hydrogens is 311 g/mol. The Hall–Kier alpha value is -2.09. The number of carbonyl (C=O) groups excluding carboxylic acids is 2. The molecule has 0 radical (unpaired) electrons. The monoisotopic (exact) mass is 329 g/mol. The minimum absolute atomic E-state index is 0.0284. The predicted octanol–water partition coefficient (Wildman–Crippen LogP) is 1.36. The molecule has 1 fully saturated rings. The van der Waals surface area contributed by atoms with E-state index in [0.29, 0.717) is 19.4 Å². The fourth-order valence-electron chi connectivity index (χ4n) is 2.72. The van der Waals surface area contributed by atoms with Crippen molar-refractivity contribution in [1.29, 1.82) is 0 Å². The zero-order valence-electron chi connectivity index (χ0n) is 12.3. The Morgan fingerprint density at radius 1 is 1.30 bits per heavy atom. The number of rotatable bonds is 5. The number of amides is 2. The van der Waals surface area contributed by atoms with E-state index in [1.165, 1.54) is 29.2 Å². The molecule has 23 heavy (non-hydrogen) atoms. The van der Waals surface area contributed by atoms with Gasteiger partial charge in [-0.15, -0.1) is 0 Å². The van der Waals surface area contributed by atoms with Gasteiger partial charge in [-0.1, -0.05) is 30.3 Å². The van der Waals surface area contributed by atoms with Crippen LogP contribution in [-0.2, 0) is 9.59 Å². The number of likely N-dealkylation sites (tertiary alicyclic amines) is 1. The maximum Gasteiger partial charge on any atom is 0.407 e. The summed E-state index contributed by atoms with van der Waals surface area (Å²) in [6.07, 6.45) is -3.47. The lowest BCUT2D eigenvalue weighted by molar-refractivity contribution is -0.159. The number of alkyl halides is 3. The molecule has 0 aromatic heterocycles. The van der Waals surface area contributed by atoms with Crippen molar-refractivity contribution in [2.24, 2.45) is 5.73 Å². The number of nitrogens with one attached hydrogen (secondary N) is 1. The Labute approximate surface area is 131 Å². The summed E-state index contributed by atoms with van der Waals surface area (Å²) in [4.78, 5) is 24.6. The molecule has 1 aliphatic rings. The van der Waals surface area contributed by atoms with Gasteiger partial charge in [-0.05, 0) is 18.4 Å². The van der Waals surface area contributed by atoms with Gasteiger partial charge >= 0.3 is 6.18 Å². The fourth-order valence-corrected chi connectivity index (χ4v) is 2.72. The highest BCUT2D eigenvalue weighted by Gasteiger charge is 2.41. The molecule has 1 aromatic rings. The third-order valence-corrected chi connectivity index (χ3v) is 3.82. The summed E-state index contributed by atoms with van der Waals surface area (Å²) >= 11 is 0. The number of carbonyl (C=O) groups is 2. The molecule has 1 aromatic carbocycles. The van der Waals surface area contributed by atoms with E-state index >= 15 is 0 Å². The normalized spacial score (nSPS) is 19.6. The van der Waals surface area contributed by atoms with Crippen LogP contribution in [0.1, 0.15) is 24.4 Å². The zero-order chi connectivity index (χ0) is 17.0. The second-order valence-electron chi connectivity index (χ2n) is 5.41. The number of nitrogens with two attached hydrogens (primary N) is 1. The van der Waals surface area contributed by atoms with Gasteiger partial charge in [0.2, 0.25) is 11.8 Å². The van der Waals surface area contributed by atoms with Crippen LogP contribution < -0.4 is 11.1 Å². The van der Waals surface area contributed by atoms with Crippen molar-refractivity contribution < 1.29 is 22.8 Å². The SMILES string of the molecule is NC(=O)[C@H]1CCCN1C(=O)CN[C@@H](c1ccccc1)C(F)(F)F. The van der Waals surface area contributed by atoms with E-state index in [1.54, 1.807) is 6.07 Å². The number of nitrogens with zero attached hydrogens (tertiary/aromatic N) is 1. The molecular formula is C15H18F3N3O2. The molecule has 0 saturated carbocycles. The molecule has 0 spiro atoms. The quantitative estimate of drug-likeness (QED) is 0.856. The number of benzene rings is 1. The third kappa shape index (κ3) is 4.22. The maximum atomic E-state index is 13.2. The predicted molar refractivity (Wildman–Crippen MR) is 77.2 cm³/mol. The lowest BCUT2D eigenvalue weighted by Crippen LogP contribution is -2.48. The largest absolute Gasteiger partial charge is 0.407 e. The molecule has 0 aliphatic carbocycles. The first-order valence-electron chi connectivity index (χ1n) is 7.24. The summed E-state index contributed by atoms with van der Waals surface area (Å²) in [5.41, 5.74) is 5.24. The zero-order valence-corrected chi connectivity index (χ0v) is 12.3. The van der Waals surface area contributed by atoms with E-state index in [1.807, 2.05) is 0 Å². The average Bonchev–Trinajstić information content (AvgIpc) is 2.96. The highest BCUT2D eigenvalue weighted by molar-refractivity contribution is 5.88. The molecule has 0 bridgehead atoms. The van der Waals surface area contributed by atoms with Crippen LogP contribution in [0.15, 0.2) is 30.3 Å². The van der Waals surface area contributed by atoms with Gasteiger partial charge in [-0.25, -0.2) is 0 Å².